The lowest BCUT2D eigenvalue weighted by Crippen LogP contribution is -2.41. The van der Waals surface area contributed by atoms with E-state index in [1.165, 1.54) is 0 Å². The predicted octanol–water partition coefficient (Wildman–Crippen LogP) is 2.62. The molecule has 5 heteroatoms. The van der Waals surface area contributed by atoms with E-state index in [0.29, 0.717) is 32.4 Å². The van der Waals surface area contributed by atoms with Crippen LogP contribution >= 0.6 is 15.9 Å². The van der Waals surface area contributed by atoms with Crippen LogP contribution in [-0.4, -0.2) is 35.0 Å². The van der Waals surface area contributed by atoms with Crippen molar-refractivity contribution in [3.8, 4) is 0 Å². The van der Waals surface area contributed by atoms with Gasteiger partial charge in [-0.2, -0.15) is 0 Å². The number of aliphatic carboxylic acids is 1. The number of aryl methyl sites for hydroxylation is 1. The van der Waals surface area contributed by atoms with E-state index in [0.717, 1.165) is 15.6 Å². The van der Waals surface area contributed by atoms with Gasteiger partial charge < -0.3 is 10.0 Å². The molecule has 0 unspecified atom stereocenters. The summed E-state index contributed by atoms with van der Waals surface area (Å²) in [5.74, 6) is -0.964. The summed E-state index contributed by atoms with van der Waals surface area (Å²) in [6.45, 7) is 3.08. The van der Waals surface area contributed by atoms with Gasteiger partial charge in [-0.15, -0.1) is 0 Å². The minimum Gasteiger partial charge on any atom is -0.481 e. The Morgan fingerprint density at radius 1 is 1.35 bits per heavy atom. The third-order valence-corrected chi connectivity index (χ3v) is 4.34. The van der Waals surface area contributed by atoms with Crippen molar-refractivity contribution < 1.29 is 14.7 Å². The van der Waals surface area contributed by atoms with Gasteiger partial charge in [-0.3, -0.25) is 9.59 Å². The first-order chi connectivity index (χ1) is 9.47. The molecule has 4 nitrogen and oxygen atoms in total. The Labute approximate surface area is 126 Å². The van der Waals surface area contributed by atoms with Crippen molar-refractivity contribution in [3.63, 3.8) is 0 Å². The van der Waals surface area contributed by atoms with Crippen molar-refractivity contribution in [1.29, 1.82) is 0 Å². The number of rotatable bonds is 3. The highest BCUT2D eigenvalue weighted by molar-refractivity contribution is 9.10. The van der Waals surface area contributed by atoms with E-state index in [1.54, 1.807) is 4.90 Å². The van der Waals surface area contributed by atoms with Crippen LogP contribution in [0.3, 0.4) is 0 Å². The van der Waals surface area contributed by atoms with Crippen LogP contribution in [0.25, 0.3) is 0 Å². The summed E-state index contributed by atoms with van der Waals surface area (Å²) in [7, 11) is 0. The van der Waals surface area contributed by atoms with Gasteiger partial charge in [0, 0.05) is 17.6 Å². The van der Waals surface area contributed by atoms with E-state index in [-0.39, 0.29) is 11.8 Å². The Morgan fingerprint density at radius 2 is 2.00 bits per heavy atom. The molecule has 0 spiro atoms. The minimum absolute atomic E-state index is 0.0826. The van der Waals surface area contributed by atoms with E-state index >= 15 is 0 Å². The number of piperidine rings is 1. The molecule has 1 fully saturated rings. The molecule has 0 bridgehead atoms. The molecular formula is C15H18BrNO3. The zero-order valence-electron chi connectivity index (χ0n) is 11.4. The molecule has 1 amide bonds. The average Bonchev–Trinajstić information content (AvgIpc) is 2.42. The first-order valence-corrected chi connectivity index (χ1v) is 7.52. The summed E-state index contributed by atoms with van der Waals surface area (Å²) >= 11 is 3.41. The smallest absolute Gasteiger partial charge is 0.306 e. The number of carbonyl (C=O) groups is 2. The number of carboxylic acid groups (broad SMARTS) is 1. The van der Waals surface area contributed by atoms with Crippen molar-refractivity contribution >= 4 is 27.8 Å². The van der Waals surface area contributed by atoms with Crippen molar-refractivity contribution in [2.45, 2.75) is 26.2 Å². The molecule has 20 heavy (non-hydrogen) atoms. The molecule has 0 radical (unpaired) electrons. The van der Waals surface area contributed by atoms with Gasteiger partial charge in [-0.05, 0) is 43.0 Å². The number of amides is 1. The molecule has 0 aromatic heterocycles. The number of nitrogens with zero attached hydrogens (tertiary/aromatic N) is 1. The highest BCUT2D eigenvalue weighted by Crippen LogP contribution is 2.20. The van der Waals surface area contributed by atoms with Gasteiger partial charge in [-0.1, -0.05) is 22.0 Å². The number of halogens is 1. The van der Waals surface area contributed by atoms with Gasteiger partial charge in [0.25, 0.3) is 0 Å². The predicted molar refractivity (Wildman–Crippen MR) is 79.5 cm³/mol. The zero-order valence-corrected chi connectivity index (χ0v) is 13.0. The van der Waals surface area contributed by atoms with Crippen LogP contribution in [0.1, 0.15) is 24.0 Å². The third kappa shape index (κ3) is 3.60. The molecule has 0 saturated carbocycles. The molecule has 0 aliphatic carbocycles. The molecular weight excluding hydrogens is 322 g/mol. The number of hydrogen-bond donors (Lipinski definition) is 1. The summed E-state index contributed by atoms with van der Waals surface area (Å²) in [5.41, 5.74) is 2.12. The maximum atomic E-state index is 12.2. The van der Waals surface area contributed by atoms with Gasteiger partial charge in [-0.25, -0.2) is 0 Å². The van der Waals surface area contributed by atoms with Crippen molar-refractivity contribution in [2.75, 3.05) is 13.1 Å². The van der Waals surface area contributed by atoms with Crippen molar-refractivity contribution in [1.82, 2.24) is 4.90 Å². The largest absolute Gasteiger partial charge is 0.481 e. The standard InChI is InChI=1S/C15H18BrNO3/c1-10-8-13(16)3-2-12(10)9-14(18)17-6-4-11(5-7-17)15(19)20/h2-3,8,11H,4-7,9H2,1H3,(H,19,20). The fraction of sp³-hybridized carbons (Fsp3) is 0.467. The first-order valence-electron chi connectivity index (χ1n) is 6.73. The van der Waals surface area contributed by atoms with Gasteiger partial charge >= 0.3 is 5.97 Å². The molecule has 1 N–H and O–H groups in total. The summed E-state index contributed by atoms with van der Waals surface area (Å²) in [6.07, 6.45) is 1.50. The lowest BCUT2D eigenvalue weighted by Gasteiger charge is -2.30. The fourth-order valence-corrected chi connectivity index (χ4v) is 2.98. The van der Waals surface area contributed by atoms with Gasteiger partial charge in [0.1, 0.15) is 0 Å². The van der Waals surface area contributed by atoms with Crippen LogP contribution < -0.4 is 0 Å². The summed E-state index contributed by atoms with van der Waals surface area (Å²) in [5, 5.41) is 8.95. The summed E-state index contributed by atoms with van der Waals surface area (Å²) in [6, 6.07) is 5.90. The quantitative estimate of drug-likeness (QED) is 0.920. The number of likely N-dealkylation sites (tertiary alicyclic amines) is 1. The fourth-order valence-electron chi connectivity index (χ4n) is 2.51. The summed E-state index contributed by atoms with van der Waals surface area (Å²) < 4.78 is 1.01. The van der Waals surface area contributed by atoms with Crippen LogP contribution in [0, 0.1) is 12.8 Å². The van der Waals surface area contributed by atoms with Gasteiger partial charge in [0.15, 0.2) is 0 Å². The van der Waals surface area contributed by atoms with Crippen molar-refractivity contribution in [2.24, 2.45) is 5.92 Å². The Bertz CT molecular complexity index is 522. The molecule has 0 atom stereocenters. The van der Waals surface area contributed by atoms with E-state index in [1.807, 2.05) is 25.1 Å². The first kappa shape index (κ1) is 15.0. The van der Waals surface area contributed by atoms with E-state index in [4.69, 9.17) is 5.11 Å². The number of carbonyl (C=O) groups excluding carboxylic acids is 1. The number of hydrogen-bond acceptors (Lipinski definition) is 2. The van der Waals surface area contributed by atoms with Crippen molar-refractivity contribution in [3.05, 3.63) is 33.8 Å². The van der Waals surface area contributed by atoms with Crippen LogP contribution in [0.2, 0.25) is 0 Å². The Kier molecular flexibility index (Phi) is 4.81. The monoisotopic (exact) mass is 339 g/mol. The van der Waals surface area contributed by atoms with Crippen LogP contribution in [0.5, 0.6) is 0 Å². The molecule has 1 aromatic carbocycles. The third-order valence-electron chi connectivity index (χ3n) is 3.84. The number of carboxylic acids is 1. The maximum absolute atomic E-state index is 12.2. The second-order valence-electron chi connectivity index (χ2n) is 5.24. The molecule has 1 saturated heterocycles. The minimum atomic E-state index is -0.749. The molecule has 1 aromatic rings. The zero-order chi connectivity index (χ0) is 14.7. The van der Waals surface area contributed by atoms with Gasteiger partial charge in [0.2, 0.25) is 5.91 Å². The van der Waals surface area contributed by atoms with Gasteiger partial charge in [0.05, 0.1) is 12.3 Å². The van der Waals surface area contributed by atoms with E-state index in [2.05, 4.69) is 15.9 Å². The molecule has 1 aliphatic heterocycles. The number of benzene rings is 1. The Balaban J connectivity index is 1.94. The SMILES string of the molecule is Cc1cc(Br)ccc1CC(=O)N1CCC(C(=O)O)CC1. The van der Waals surface area contributed by atoms with Crippen LogP contribution in [0.15, 0.2) is 22.7 Å². The lowest BCUT2D eigenvalue weighted by molar-refractivity contribution is -0.145. The van der Waals surface area contributed by atoms with E-state index in [9.17, 15) is 9.59 Å². The Hall–Kier alpha value is -1.36. The highest BCUT2D eigenvalue weighted by Gasteiger charge is 2.26. The highest BCUT2D eigenvalue weighted by atomic mass is 79.9. The molecule has 1 aliphatic rings. The molecule has 2 rings (SSSR count). The van der Waals surface area contributed by atoms with Crippen LogP contribution in [-0.2, 0) is 16.0 Å². The van der Waals surface area contributed by atoms with E-state index < -0.39 is 5.97 Å². The average molecular weight is 340 g/mol. The lowest BCUT2D eigenvalue weighted by atomic mass is 9.96. The molecule has 1 heterocycles. The maximum Gasteiger partial charge on any atom is 0.306 e. The molecule has 108 valence electrons. The normalized spacial score (nSPS) is 16.2. The topological polar surface area (TPSA) is 57.6 Å². The summed E-state index contributed by atoms with van der Waals surface area (Å²) in [4.78, 5) is 24.9. The van der Waals surface area contributed by atoms with Crippen LogP contribution in [0.4, 0.5) is 0 Å². The second-order valence-corrected chi connectivity index (χ2v) is 6.16. The Morgan fingerprint density at radius 3 is 2.55 bits per heavy atom. The second kappa shape index (κ2) is 6.39.